The van der Waals surface area contributed by atoms with E-state index in [-0.39, 0.29) is 11.9 Å². The van der Waals surface area contributed by atoms with Crippen LogP contribution in [0, 0.1) is 12.8 Å². The number of hydrogen-bond acceptors (Lipinski definition) is 1. The van der Waals surface area contributed by atoms with E-state index >= 15 is 0 Å². The van der Waals surface area contributed by atoms with Crippen LogP contribution < -0.4 is 0 Å². The van der Waals surface area contributed by atoms with Gasteiger partial charge in [-0.1, -0.05) is 18.2 Å². The van der Waals surface area contributed by atoms with E-state index in [1.54, 1.807) is 0 Å². The molecule has 1 aliphatic heterocycles. The molecule has 0 spiro atoms. The van der Waals surface area contributed by atoms with Crippen molar-refractivity contribution in [1.82, 2.24) is 4.90 Å². The summed E-state index contributed by atoms with van der Waals surface area (Å²) in [5.74, 6) is 1.01. The lowest BCUT2D eigenvalue weighted by molar-refractivity contribution is 0.0728. The number of aryl methyl sites for hydroxylation is 1. The Morgan fingerprint density at radius 3 is 2.75 bits per heavy atom. The maximum Gasteiger partial charge on any atom is 0.254 e. The first-order chi connectivity index (χ1) is 7.68. The number of carbonyl (C=O) groups is 1. The average Bonchev–Trinajstić information content (AvgIpc) is 3.03. The van der Waals surface area contributed by atoms with Crippen molar-refractivity contribution in [3.63, 3.8) is 0 Å². The van der Waals surface area contributed by atoms with Crippen molar-refractivity contribution in [2.75, 3.05) is 6.54 Å². The molecule has 1 saturated carbocycles. The molecule has 0 aromatic heterocycles. The van der Waals surface area contributed by atoms with Crippen LogP contribution >= 0.6 is 0 Å². The number of amides is 1. The van der Waals surface area contributed by atoms with Gasteiger partial charge >= 0.3 is 0 Å². The summed E-state index contributed by atoms with van der Waals surface area (Å²) >= 11 is 0. The normalized spacial score (nSPS) is 23.8. The van der Waals surface area contributed by atoms with Gasteiger partial charge in [-0.25, -0.2) is 0 Å². The summed E-state index contributed by atoms with van der Waals surface area (Å²) in [7, 11) is 0. The second kappa shape index (κ2) is 3.34. The predicted molar refractivity (Wildman–Crippen MR) is 63.4 cm³/mol. The molecule has 3 rings (SSSR count). The Kier molecular flexibility index (Phi) is 2.06. The topological polar surface area (TPSA) is 20.3 Å². The fraction of sp³-hybridized carbons (Fsp3) is 0.500. The third kappa shape index (κ3) is 1.36. The van der Waals surface area contributed by atoms with E-state index in [4.69, 9.17) is 0 Å². The van der Waals surface area contributed by atoms with Gasteiger partial charge in [-0.15, -0.1) is 0 Å². The molecular weight excluding hydrogens is 198 g/mol. The molecule has 0 saturated heterocycles. The minimum absolute atomic E-state index is 0.243. The smallest absolute Gasteiger partial charge is 0.254 e. The second-order valence-electron chi connectivity index (χ2n) is 5.12. The molecule has 0 bridgehead atoms. The SMILES string of the molecule is Cc1cccc2c1C(=O)N(CC1CC1)C2C. The van der Waals surface area contributed by atoms with E-state index in [9.17, 15) is 4.79 Å². The van der Waals surface area contributed by atoms with E-state index in [1.807, 2.05) is 13.0 Å². The fourth-order valence-electron chi connectivity index (χ4n) is 2.64. The zero-order valence-electron chi connectivity index (χ0n) is 9.86. The fourth-order valence-corrected chi connectivity index (χ4v) is 2.64. The van der Waals surface area contributed by atoms with Crippen molar-refractivity contribution in [1.29, 1.82) is 0 Å². The van der Waals surface area contributed by atoms with Crippen LogP contribution in [-0.2, 0) is 0 Å². The predicted octanol–water partition coefficient (Wildman–Crippen LogP) is 2.92. The molecule has 1 amide bonds. The number of carbonyl (C=O) groups excluding carboxylic acids is 1. The van der Waals surface area contributed by atoms with Gasteiger partial charge < -0.3 is 4.90 Å². The molecular formula is C14H17NO. The third-order valence-corrected chi connectivity index (χ3v) is 3.85. The van der Waals surface area contributed by atoms with Gasteiger partial charge in [0.15, 0.2) is 0 Å². The van der Waals surface area contributed by atoms with E-state index in [2.05, 4.69) is 24.0 Å². The van der Waals surface area contributed by atoms with Crippen molar-refractivity contribution in [2.24, 2.45) is 5.92 Å². The molecule has 1 atom stereocenters. The largest absolute Gasteiger partial charge is 0.332 e. The quantitative estimate of drug-likeness (QED) is 0.742. The summed E-state index contributed by atoms with van der Waals surface area (Å²) in [4.78, 5) is 14.4. The number of fused-ring (bicyclic) bond motifs is 1. The highest BCUT2D eigenvalue weighted by Gasteiger charge is 2.37. The van der Waals surface area contributed by atoms with Gasteiger partial charge in [0.05, 0.1) is 6.04 Å². The lowest BCUT2D eigenvalue weighted by Gasteiger charge is -2.21. The molecule has 1 heterocycles. The number of rotatable bonds is 2. The summed E-state index contributed by atoms with van der Waals surface area (Å²) in [5.41, 5.74) is 3.29. The maximum absolute atomic E-state index is 12.3. The van der Waals surface area contributed by atoms with Gasteiger partial charge in [0.25, 0.3) is 5.91 Å². The highest BCUT2D eigenvalue weighted by atomic mass is 16.2. The molecule has 0 radical (unpaired) electrons. The Hall–Kier alpha value is -1.31. The second-order valence-corrected chi connectivity index (χ2v) is 5.12. The zero-order valence-corrected chi connectivity index (χ0v) is 9.86. The van der Waals surface area contributed by atoms with E-state index in [1.165, 1.54) is 18.4 Å². The maximum atomic E-state index is 12.3. The van der Waals surface area contributed by atoms with E-state index < -0.39 is 0 Å². The first-order valence-electron chi connectivity index (χ1n) is 6.09. The van der Waals surface area contributed by atoms with Gasteiger partial charge in [0.2, 0.25) is 0 Å². The van der Waals surface area contributed by atoms with Crippen LogP contribution in [0.4, 0.5) is 0 Å². The summed E-state index contributed by atoms with van der Waals surface area (Å²) in [6, 6.07) is 6.45. The van der Waals surface area contributed by atoms with Gasteiger partial charge in [-0.05, 0) is 43.7 Å². The summed E-state index contributed by atoms with van der Waals surface area (Å²) in [6.45, 7) is 5.13. The highest BCUT2D eigenvalue weighted by molar-refractivity contribution is 6.00. The standard InChI is InChI=1S/C14H17NO/c1-9-4-3-5-12-10(2)15(8-11-6-7-11)14(16)13(9)12/h3-5,10-11H,6-8H2,1-2H3. The molecule has 1 aromatic rings. The van der Waals surface area contributed by atoms with Crippen molar-refractivity contribution < 1.29 is 4.79 Å². The van der Waals surface area contributed by atoms with Crippen LogP contribution in [0.2, 0.25) is 0 Å². The zero-order chi connectivity index (χ0) is 11.3. The highest BCUT2D eigenvalue weighted by Crippen LogP contribution is 2.39. The molecule has 1 fully saturated rings. The van der Waals surface area contributed by atoms with Gasteiger partial charge in [-0.2, -0.15) is 0 Å². The first-order valence-corrected chi connectivity index (χ1v) is 6.09. The first kappa shape index (κ1) is 9.88. The van der Waals surface area contributed by atoms with Crippen LogP contribution in [-0.4, -0.2) is 17.4 Å². The Labute approximate surface area is 96.3 Å². The van der Waals surface area contributed by atoms with E-state index in [0.29, 0.717) is 0 Å². The molecule has 2 nitrogen and oxygen atoms in total. The molecule has 2 heteroatoms. The molecule has 2 aliphatic rings. The number of hydrogen-bond donors (Lipinski definition) is 0. The number of benzene rings is 1. The van der Waals surface area contributed by atoms with Crippen LogP contribution in [0.1, 0.15) is 47.3 Å². The summed E-state index contributed by atoms with van der Waals surface area (Å²) in [6.07, 6.45) is 2.59. The minimum Gasteiger partial charge on any atom is -0.332 e. The monoisotopic (exact) mass is 215 g/mol. The Bertz CT molecular complexity index is 448. The van der Waals surface area contributed by atoms with Crippen molar-refractivity contribution in [2.45, 2.75) is 32.7 Å². The Morgan fingerprint density at radius 1 is 1.38 bits per heavy atom. The lowest BCUT2D eigenvalue weighted by atomic mass is 10.0. The van der Waals surface area contributed by atoms with E-state index in [0.717, 1.165) is 23.6 Å². The Balaban J connectivity index is 1.98. The molecule has 84 valence electrons. The van der Waals surface area contributed by atoms with Gasteiger partial charge in [0, 0.05) is 12.1 Å². The van der Waals surface area contributed by atoms with Gasteiger partial charge in [0.1, 0.15) is 0 Å². The van der Waals surface area contributed by atoms with Crippen molar-refractivity contribution in [3.8, 4) is 0 Å². The molecule has 1 aliphatic carbocycles. The van der Waals surface area contributed by atoms with Crippen molar-refractivity contribution in [3.05, 3.63) is 34.9 Å². The average molecular weight is 215 g/mol. The third-order valence-electron chi connectivity index (χ3n) is 3.85. The van der Waals surface area contributed by atoms with Crippen LogP contribution in [0.3, 0.4) is 0 Å². The van der Waals surface area contributed by atoms with Crippen molar-refractivity contribution >= 4 is 5.91 Å². The Morgan fingerprint density at radius 2 is 2.12 bits per heavy atom. The molecule has 16 heavy (non-hydrogen) atoms. The lowest BCUT2D eigenvalue weighted by Crippen LogP contribution is -2.28. The molecule has 0 N–H and O–H groups in total. The van der Waals surface area contributed by atoms with Crippen LogP contribution in [0.25, 0.3) is 0 Å². The molecule has 1 unspecified atom stereocenters. The minimum atomic E-state index is 0.243. The summed E-state index contributed by atoms with van der Waals surface area (Å²) in [5, 5.41) is 0. The summed E-state index contributed by atoms with van der Waals surface area (Å²) < 4.78 is 0. The van der Waals surface area contributed by atoms with Gasteiger partial charge in [-0.3, -0.25) is 4.79 Å². The molecule has 1 aromatic carbocycles. The van der Waals surface area contributed by atoms with Crippen LogP contribution in [0.15, 0.2) is 18.2 Å². The van der Waals surface area contributed by atoms with Crippen LogP contribution in [0.5, 0.6) is 0 Å². The number of nitrogens with zero attached hydrogens (tertiary/aromatic N) is 1.